The number of pyridine rings is 1. The summed E-state index contributed by atoms with van der Waals surface area (Å²) in [6.45, 7) is 4.62. The molecule has 134 valence electrons. The van der Waals surface area contributed by atoms with Crippen molar-refractivity contribution >= 4 is 0 Å². The minimum absolute atomic E-state index is 0. The summed E-state index contributed by atoms with van der Waals surface area (Å²) in [5.41, 5.74) is 0. The Labute approximate surface area is 151 Å². The van der Waals surface area contributed by atoms with Crippen LogP contribution in [0, 0.1) is 0 Å². The van der Waals surface area contributed by atoms with Crippen molar-refractivity contribution in [2.24, 2.45) is 0 Å². The Hall–Kier alpha value is -0.560. The maximum absolute atomic E-state index is 2.33. The van der Waals surface area contributed by atoms with E-state index in [9.17, 15) is 0 Å². The summed E-state index contributed by atoms with van der Waals surface area (Å²) in [6.07, 6.45) is 22.9. The average molecular weight is 340 g/mol. The summed E-state index contributed by atoms with van der Waals surface area (Å²) in [4.78, 5) is 0. The number of unbranched alkanes of at least 4 members (excludes halogenated alkanes) is 11. The fourth-order valence-electron chi connectivity index (χ4n) is 3.14. The van der Waals surface area contributed by atoms with Crippen LogP contribution in [0.5, 0.6) is 0 Å². The summed E-state index contributed by atoms with van der Waals surface area (Å²) in [7, 11) is 0. The summed E-state index contributed by atoms with van der Waals surface area (Å²) in [5.74, 6) is 0. The Bertz CT molecular complexity index is 339. The Balaban J connectivity index is 0.00000484. The predicted molar refractivity (Wildman–Crippen MR) is 97.0 cm³/mol. The third-order valence-electron chi connectivity index (χ3n) is 4.72. The van der Waals surface area contributed by atoms with Crippen LogP contribution in [0.4, 0.5) is 0 Å². The fourth-order valence-corrected chi connectivity index (χ4v) is 3.14. The SMILES string of the molecule is CCCCCCCCCCCCCCC(C)[n+]1ccccc1.[Cl-]. The van der Waals surface area contributed by atoms with E-state index >= 15 is 0 Å². The van der Waals surface area contributed by atoms with Gasteiger partial charge in [-0.1, -0.05) is 83.6 Å². The van der Waals surface area contributed by atoms with E-state index in [0.29, 0.717) is 6.04 Å². The zero-order valence-electron chi connectivity index (χ0n) is 15.5. The van der Waals surface area contributed by atoms with Crippen molar-refractivity contribution in [2.45, 2.75) is 103 Å². The van der Waals surface area contributed by atoms with Gasteiger partial charge in [0.2, 0.25) is 0 Å². The summed E-state index contributed by atoms with van der Waals surface area (Å²) < 4.78 is 2.33. The Morgan fingerprint density at radius 3 is 1.57 bits per heavy atom. The average Bonchev–Trinajstić information content (AvgIpc) is 2.56. The predicted octanol–water partition coefficient (Wildman–Crippen LogP) is 3.63. The van der Waals surface area contributed by atoms with Gasteiger partial charge < -0.3 is 12.4 Å². The molecule has 0 N–H and O–H groups in total. The highest BCUT2D eigenvalue weighted by Crippen LogP contribution is 2.14. The van der Waals surface area contributed by atoms with E-state index < -0.39 is 0 Å². The van der Waals surface area contributed by atoms with Crippen LogP contribution in [-0.2, 0) is 0 Å². The number of hydrogen-bond donors (Lipinski definition) is 0. The van der Waals surface area contributed by atoms with Crippen LogP contribution in [-0.4, -0.2) is 0 Å². The maximum Gasteiger partial charge on any atom is 0.169 e. The highest BCUT2D eigenvalue weighted by molar-refractivity contribution is 4.83. The molecule has 0 aliphatic heterocycles. The molecule has 0 amide bonds. The first-order valence-corrected chi connectivity index (χ1v) is 9.80. The first kappa shape index (κ1) is 22.4. The van der Waals surface area contributed by atoms with Crippen molar-refractivity contribution in [2.75, 3.05) is 0 Å². The second-order valence-electron chi connectivity index (χ2n) is 6.85. The highest BCUT2D eigenvalue weighted by Gasteiger charge is 2.09. The van der Waals surface area contributed by atoms with Gasteiger partial charge in [-0.2, -0.15) is 0 Å². The lowest BCUT2D eigenvalue weighted by atomic mass is 10.0. The zero-order valence-corrected chi connectivity index (χ0v) is 16.2. The van der Waals surface area contributed by atoms with E-state index in [1.165, 1.54) is 83.5 Å². The van der Waals surface area contributed by atoms with Crippen molar-refractivity contribution in [3.63, 3.8) is 0 Å². The third kappa shape index (κ3) is 12.5. The second kappa shape index (κ2) is 16.3. The summed E-state index contributed by atoms with van der Waals surface area (Å²) >= 11 is 0. The molecule has 1 aromatic rings. The van der Waals surface area contributed by atoms with E-state index in [2.05, 4.69) is 49.0 Å². The molecule has 1 atom stereocenters. The van der Waals surface area contributed by atoms with Gasteiger partial charge in [-0.05, 0) is 13.3 Å². The van der Waals surface area contributed by atoms with Crippen molar-refractivity contribution < 1.29 is 17.0 Å². The molecule has 1 rings (SSSR count). The summed E-state index contributed by atoms with van der Waals surface area (Å²) in [6, 6.07) is 6.98. The zero-order chi connectivity index (χ0) is 15.9. The van der Waals surface area contributed by atoms with Crippen molar-refractivity contribution in [3.05, 3.63) is 30.6 Å². The molecular weight excluding hydrogens is 302 g/mol. The molecule has 0 fully saturated rings. The Morgan fingerprint density at radius 2 is 1.09 bits per heavy atom. The van der Waals surface area contributed by atoms with Gasteiger partial charge in [0.1, 0.15) is 0 Å². The molecule has 0 saturated heterocycles. The van der Waals surface area contributed by atoms with Crippen LogP contribution < -0.4 is 17.0 Å². The number of nitrogens with zero attached hydrogens (tertiary/aromatic N) is 1. The van der Waals surface area contributed by atoms with Crippen LogP contribution in [0.1, 0.15) is 103 Å². The van der Waals surface area contributed by atoms with E-state index in [4.69, 9.17) is 0 Å². The molecule has 0 aromatic carbocycles. The second-order valence-corrected chi connectivity index (χ2v) is 6.85. The van der Waals surface area contributed by atoms with E-state index in [1.54, 1.807) is 0 Å². The molecular formula is C21H38ClN. The molecule has 0 saturated carbocycles. The number of halogens is 1. The number of hydrogen-bond acceptors (Lipinski definition) is 0. The van der Waals surface area contributed by atoms with Crippen molar-refractivity contribution in [1.29, 1.82) is 0 Å². The molecule has 1 aromatic heterocycles. The lowest BCUT2D eigenvalue weighted by molar-refractivity contribution is -0.720. The third-order valence-corrected chi connectivity index (χ3v) is 4.72. The number of aromatic nitrogens is 1. The van der Waals surface area contributed by atoms with Gasteiger partial charge in [0.05, 0.1) is 0 Å². The highest BCUT2D eigenvalue weighted by atomic mass is 35.5. The first-order chi connectivity index (χ1) is 10.8. The smallest absolute Gasteiger partial charge is 0.169 e. The molecule has 23 heavy (non-hydrogen) atoms. The molecule has 1 unspecified atom stereocenters. The van der Waals surface area contributed by atoms with Gasteiger partial charge >= 0.3 is 0 Å². The molecule has 0 bridgehead atoms. The van der Waals surface area contributed by atoms with Crippen LogP contribution >= 0.6 is 0 Å². The van der Waals surface area contributed by atoms with Crippen LogP contribution in [0.15, 0.2) is 30.6 Å². The lowest BCUT2D eigenvalue weighted by Gasteiger charge is -2.07. The number of rotatable bonds is 14. The molecule has 0 aliphatic carbocycles. The monoisotopic (exact) mass is 339 g/mol. The summed E-state index contributed by atoms with van der Waals surface area (Å²) in [5, 5.41) is 0. The Morgan fingerprint density at radius 1 is 0.652 bits per heavy atom. The van der Waals surface area contributed by atoms with Gasteiger partial charge in [-0.25, -0.2) is 4.57 Å². The molecule has 0 radical (unpaired) electrons. The molecule has 0 aliphatic rings. The van der Waals surface area contributed by atoms with Gasteiger partial charge in [0, 0.05) is 18.6 Å². The van der Waals surface area contributed by atoms with Gasteiger partial charge in [-0.15, -0.1) is 0 Å². The van der Waals surface area contributed by atoms with E-state index in [0.717, 1.165) is 0 Å². The van der Waals surface area contributed by atoms with Crippen molar-refractivity contribution in [1.82, 2.24) is 0 Å². The van der Waals surface area contributed by atoms with Crippen molar-refractivity contribution in [3.8, 4) is 0 Å². The standard InChI is InChI=1S/C21H38N.ClH/c1-3-4-5-6-7-8-9-10-11-12-13-15-18-21(2)22-19-16-14-17-20-22;/h14,16-17,19-21H,3-13,15,18H2,1-2H3;1H/q+1;/p-1. The lowest BCUT2D eigenvalue weighted by Crippen LogP contribution is -3.00. The molecule has 0 spiro atoms. The molecule has 1 heterocycles. The fraction of sp³-hybridized carbons (Fsp3) is 0.762. The Kier molecular flexibility index (Phi) is 15.9. The van der Waals surface area contributed by atoms with E-state index in [1.807, 2.05) is 0 Å². The van der Waals surface area contributed by atoms with Crippen LogP contribution in [0.25, 0.3) is 0 Å². The van der Waals surface area contributed by atoms with Gasteiger partial charge in [-0.3, -0.25) is 0 Å². The normalized spacial score (nSPS) is 11.9. The molecule has 1 nitrogen and oxygen atoms in total. The van der Waals surface area contributed by atoms with Gasteiger partial charge in [0.15, 0.2) is 18.4 Å². The van der Waals surface area contributed by atoms with E-state index in [-0.39, 0.29) is 12.4 Å². The van der Waals surface area contributed by atoms with Crippen LogP contribution in [0.2, 0.25) is 0 Å². The largest absolute Gasteiger partial charge is 1.00 e. The topological polar surface area (TPSA) is 3.88 Å². The van der Waals surface area contributed by atoms with Crippen LogP contribution in [0.3, 0.4) is 0 Å². The maximum atomic E-state index is 2.33. The molecule has 2 heteroatoms. The minimum Gasteiger partial charge on any atom is -1.00 e. The van der Waals surface area contributed by atoms with Gasteiger partial charge in [0.25, 0.3) is 0 Å². The quantitative estimate of drug-likeness (QED) is 0.360. The first-order valence-electron chi connectivity index (χ1n) is 9.80. The minimum atomic E-state index is 0.